The van der Waals surface area contributed by atoms with E-state index in [0.717, 1.165) is 27.3 Å². The third kappa shape index (κ3) is 5.19. The molecule has 0 bridgehead atoms. The molecular formula is C29H27ClN2O4. The van der Waals surface area contributed by atoms with E-state index in [-0.39, 0.29) is 0 Å². The summed E-state index contributed by atoms with van der Waals surface area (Å²) in [5.41, 5.74) is 3.44. The zero-order valence-corrected chi connectivity index (χ0v) is 21.0. The summed E-state index contributed by atoms with van der Waals surface area (Å²) in [5, 5.41) is 3.46. The Labute approximate surface area is 215 Å². The van der Waals surface area contributed by atoms with Crippen molar-refractivity contribution in [1.29, 1.82) is 0 Å². The molecule has 3 aromatic carbocycles. The van der Waals surface area contributed by atoms with Crippen molar-refractivity contribution < 1.29 is 19.2 Å². The lowest BCUT2D eigenvalue weighted by atomic mass is 9.83. The average Bonchev–Trinajstić information content (AvgIpc) is 2.88. The molecule has 1 aliphatic rings. The molecule has 0 spiro atoms. The van der Waals surface area contributed by atoms with Gasteiger partial charge in [0.05, 0.1) is 5.57 Å². The van der Waals surface area contributed by atoms with E-state index < -0.39 is 35.1 Å². The molecule has 2 atom stereocenters. The fraction of sp³-hybridized carbons (Fsp3) is 0.207. The maximum absolute atomic E-state index is 13.4. The molecule has 2 unspecified atom stereocenters. The number of hydrogen-bond donors (Lipinski definition) is 1. The number of hydrogen-bond acceptors (Lipinski definition) is 4. The van der Waals surface area contributed by atoms with Gasteiger partial charge in [0.2, 0.25) is 5.91 Å². The van der Waals surface area contributed by atoms with E-state index in [4.69, 9.17) is 16.4 Å². The maximum atomic E-state index is 13.4. The van der Waals surface area contributed by atoms with Gasteiger partial charge in [-0.2, -0.15) is 5.06 Å². The first-order valence-electron chi connectivity index (χ1n) is 11.6. The number of carbonyl (C=O) groups excluding carboxylic acids is 3. The standard InChI is InChI=1S/C29H27ClN2O4/c1-18(2)23(24(20-10-6-4-7-11-20)21-12-8-5-9-13-21)29(35)36-32-26(30)25(28(32)34)27(33)31-22-16-14-19(3)15-17-22/h4-17,24-26H,1-3H3,(H,31,33). The summed E-state index contributed by atoms with van der Waals surface area (Å²) in [5.74, 6) is -3.48. The highest BCUT2D eigenvalue weighted by molar-refractivity contribution is 6.29. The predicted molar refractivity (Wildman–Crippen MR) is 139 cm³/mol. The molecule has 6 nitrogen and oxygen atoms in total. The molecule has 1 saturated heterocycles. The minimum absolute atomic E-state index is 0.400. The zero-order valence-electron chi connectivity index (χ0n) is 20.3. The molecule has 3 aromatic rings. The van der Waals surface area contributed by atoms with Gasteiger partial charge in [0.25, 0.3) is 5.91 Å². The fourth-order valence-corrected chi connectivity index (χ4v) is 4.54. The van der Waals surface area contributed by atoms with Crippen LogP contribution in [0.2, 0.25) is 0 Å². The lowest BCUT2D eigenvalue weighted by Gasteiger charge is -2.40. The van der Waals surface area contributed by atoms with Crippen LogP contribution in [0, 0.1) is 12.8 Å². The van der Waals surface area contributed by atoms with Gasteiger partial charge in [0.1, 0.15) is 0 Å². The second-order valence-electron chi connectivity index (χ2n) is 8.92. The third-order valence-corrected chi connectivity index (χ3v) is 6.51. The molecule has 1 fully saturated rings. The Kier molecular flexibility index (Phi) is 7.55. The van der Waals surface area contributed by atoms with Crippen LogP contribution in [0.25, 0.3) is 0 Å². The van der Waals surface area contributed by atoms with Crippen LogP contribution in [0.4, 0.5) is 5.69 Å². The number of benzene rings is 3. The SMILES string of the molecule is CC(C)=C(C(=O)ON1C(=O)C(C(=O)Nc2ccc(C)cc2)C1Cl)C(c1ccccc1)c1ccccc1. The first kappa shape index (κ1) is 25.2. The molecule has 1 aliphatic heterocycles. The van der Waals surface area contributed by atoms with Crippen molar-refractivity contribution in [2.45, 2.75) is 32.2 Å². The van der Waals surface area contributed by atoms with Gasteiger partial charge in [0.15, 0.2) is 11.4 Å². The van der Waals surface area contributed by atoms with E-state index in [1.54, 1.807) is 12.1 Å². The van der Waals surface area contributed by atoms with Gasteiger partial charge in [0, 0.05) is 11.6 Å². The monoisotopic (exact) mass is 502 g/mol. The van der Waals surface area contributed by atoms with Crippen molar-refractivity contribution in [1.82, 2.24) is 5.06 Å². The Bertz CT molecular complexity index is 1250. The van der Waals surface area contributed by atoms with Crippen LogP contribution >= 0.6 is 11.6 Å². The zero-order chi connectivity index (χ0) is 25.8. The summed E-state index contributed by atoms with van der Waals surface area (Å²) in [6.07, 6.45) is 0. The predicted octanol–water partition coefficient (Wildman–Crippen LogP) is 5.58. The molecule has 0 saturated carbocycles. The van der Waals surface area contributed by atoms with Gasteiger partial charge in [-0.1, -0.05) is 95.5 Å². The summed E-state index contributed by atoms with van der Waals surface area (Å²) in [6, 6.07) is 26.4. The van der Waals surface area contributed by atoms with Crippen LogP contribution in [0.3, 0.4) is 0 Å². The fourth-order valence-electron chi connectivity index (χ4n) is 4.18. The quantitative estimate of drug-likeness (QED) is 0.150. The average molecular weight is 503 g/mol. The normalized spacial score (nSPS) is 16.8. The van der Waals surface area contributed by atoms with Gasteiger partial charge >= 0.3 is 5.97 Å². The van der Waals surface area contributed by atoms with Crippen molar-refractivity contribution in [3.8, 4) is 0 Å². The second-order valence-corrected chi connectivity index (χ2v) is 9.36. The van der Waals surface area contributed by atoms with E-state index >= 15 is 0 Å². The minimum atomic E-state index is -1.16. The van der Waals surface area contributed by atoms with E-state index in [1.807, 2.05) is 93.6 Å². The van der Waals surface area contributed by atoms with Gasteiger partial charge in [-0.05, 0) is 44.0 Å². The molecular weight excluding hydrogens is 476 g/mol. The number of rotatable bonds is 7. The molecule has 0 aliphatic carbocycles. The second kappa shape index (κ2) is 10.8. The highest BCUT2D eigenvalue weighted by atomic mass is 35.5. The first-order valence-corrected chi connectivity index (χ1v) is 12.1. The van der Waals surface area contributed by atoms with Crippen molar-refractivity contribution >= 4 is 35.1 Å². The van der Waals surface area contributed by atoms with Crippen LogP contribution in [0.15, 0.2) is 96.1 Å². The first-order chi connectivity index (χ1) is 17.3. The lowest BCUT2D eigenvalue weighted by Crippen LogP contribution is -2.62. The number of allylic oxidation sites excluding steroid dienone is 1. The van der Waals surface area contributed by atoms with Crippen LogP contribution in [-0.2, 0) is 19.2 Å². The topological polar surface area (TPSA) is 75.7 Å². The highest BCUT2D eigenvalue weighted by Crippen LogP contribution is 2.37. The number of aryl methyl sites for hydroxylation is 1. The molecule has 4 rings (SSSR count). The van der Waals surface area contributed by atoms with Gasteiger partial charge in [-0.15, -0.1) is 0 Å². The number of carbonyl (C=O) groups is 3. The number of anilines is 1. The highest BCUT2D eigenvalue weighted by Gasteiger charge is 2.54. The Morgan fingerprint density at radius 2 is 1.42 bits per heavy atom. The summed E-state index contributed by atoms with van der Waals surface area (Å²) in [7, 11) is 0. The molecule has 2 amide bonds. The maximum Gasteiger partial charge on any atom is 0.360 e. The number of alkyl halides is 1. The van der Waals surface area contributed by atoms with Crippen LogP contribution in [0.5, 0.6) is 0 Å². The van der Waals surface area contributed by atoms with Crippen molar-refractivity contribution in [2.75, 3.05) is 5.32 Å². The number of nitrogens with one attached hydrogen (secondary N) is 1. The van der Waals surface area contributed by atoms with Gasteiger partial charge < -0.3 is 10.2 Å². The summed E-state index contributed by atoms with van der Waals surface area (Å²) < 4.78 is 0. The molecule has 184 valence electrons. The number of nitrogens with zero attached hydrogens (tertiary/aromatic N) is 1. The number of β-lactam (4-membered cyclic amide) rings is 1. The largest absolute Gasteiger partial charge is 0.360 e. The smallest absolute Gasteiger partial charge is 0.331 e. The molecule has 1 N–H and O–H groups in total. The Balaban J connectivity index is 1.52. The molecule has 36 heavy (non-hydrogen) atoms. The third-order valence-electron chi connectivity index (χ3n) is 6.08. The van der Waals surface area contributed by atoms with Gasteiger partial charge in [-0.25, -0.2) is 4.79 Å². The van der Waals surface area contributed by atoms with E-state index in [9.17, 15) is 14.4 Å². The molecule has 0 radical (unpaired) electrons. The molecule has 0 aromatic heterocycles. The van der Waals surface area contributed by atoms with E-state index in [0.29, 0.717) is 11.3 Å². The summed E-state index contributed by atoms with van der Waals surface area (Å²) in [4.78, 5) is 44.4. The van der Waals surface area contributed by atoms with Crippen molar-refractivity contribution in [3.05, 3.63) is 113 Å². The Morgan fingerprint density at radius 3 is 1.89 bits per heavy atom. The molecule has 7 heteroatoms. The number of hydroxylamine groups is 2. The van der Waals surface area contributed by atoms with Crippen LogP contribution < -0.4 is 5.32 Å². The Morgan fingerprint density at radius 1 is 0.889 bits per heavy atom. The minimum Gasteiger partial charge on any atom is -0.331 e. The van der Waals surface area contributed by atoms with Gasteiger partial charge in [-0.3, -0.25) is 9.59 Å². The lowest BCUT2D eigenvalue weighted by molar-refractivity contribution is -0.224. The summed E-state index contributed by atoms with van der Waals surface area (Å²) >= 11 is 6.36. The van der Waals surface area contributed by atoms with Crippen LogP contribution in [0.1, 0.15) is 36.5 Å². The Hall–Kier alpha value is -3.90. The number of halogens is 1. The van der Waals surface area contributed by atoms with E-state index in [2.05, 4.69) is 5.32 Å². The molecule has 1 heterocycles. The summed E-state index contributed by atoms with van der Waals surface area (Å²) in [6.45, 7) is 5.58. The number of amides is 2. The van der Waals surface area contributed by atoms with Crippen molar-refractivity contribution in [2.24, 2.45) is 5.92 Å². The van der Waals surface area contributed by atoms with Crippen LogP contribution in [-0.4, -0.2) is 28.3 Å². The van der Waals surface area contributed by atoms with E-state index in [1.165, 1.54) is 0 Å². The van der Waals surface area contributed by atoms with Crippen molar-refractivity contribution in [3.63, 3.8) is 0 Å².